The van der Waals surface area contributed by atoms with Gasteiger partial charge >= 0.3 is 0 Å². The van der Waals surface area contributed by atoms with Crippen LogP contribution in [-0.2, 0) is 6.42 Å². The van der Waals surface area contributed by atoms with Gasteiger partial charge in [-0.25, -0.2) is 0 Å². The third-order valence-corrected chi connectivity index (χ3v) is 6.27. The van der Waals surface area contributed by atoms with Crippen molar-refractivity contribution in [3.05, 3.63) is 41.8 Å². The van der Waals surface area contributed by atoms with Crippen LogP contribution < -0.4 is 5.32 Å². The maximum absolute atomic E-state index is 12.7. The third kappa shape index (κ3) is 4.99. The van der Waals surface area contributed by atoms with Crippen LogP contribution in [0.4, 0.5) is 0 Å². The van der Waals surface area contributed by atoms with E-state index in [2.05, 4.69) is 5.32 Å². The smallest absolute Gasteiger partial charge is 0.252 e. The highest BCUT2D eigenvalue weighted by Gasteiger charge is 2.39. The van der Waals surface area contributed by atoms with Gasteiger partial charge in [-0.1, -0.05) is 50.8 Å². The fraction of sp³-hybridized carbons (Fsp3) is 0.619. The lowest BCUT2D eigenvalue weighted by molar-refractivity contribution is 0.0681. The minimum absolute atomic E-state index is 0. The first-order valence-corrected chi connectivity index (χ1v) is 9.75. The first kappa shape index (κ1) is 21.2. The maximum Gasteiger partial charge on any atom is 0.252 e. The Morgan fingerprint density at radius 3 is 2.65 bits per heavy atom. The average Bonchev–Trinajstić information content (AvgIpc) is 2.61. The second-order valence-electron chi connectivity index (χ2n) is 7.89. The Morgan fingerprint density at radius 1 is 1.31 bits per heavy atom. The molecule has 1 amide bonds. The SMILES string of the molecule is O=C(NCC12CCCC(CCC1)C2)c1cc(CC(O)CO)ccc1Cl.[CH2]. The van der Waals surface area contributed by atoms with E-state index in [-0.39, 0.29) is 25.4 Å². The fourth-order valence-corrected chi connectivity index (χ4v) is 4.85. The summed E-state index contributed by atoms with van der Waals surface area (Å²) in [5.74, 6) is 0.693. The molecular weight excluding hydrogens is 350 g/mol. The van der Waals surface area contributed by atoms with E-state index in [9.17, 15) is 9.90 Å². The number of carbonyl (C=O) groups excluding carboxylic acids is 1. The highest BCUT2D eigenvalue weighted by molar-refractivity contribution is 6.33. The lowest BCUT2D eigenvalue weighted by Gasteiger charge is -2.45. The quantitative estimate of drug-likeness (QED) is 0.706. The van der Waals surface area contributed by atoms with Crippen LogP contribution in [0.5, 0.6) is 0 Å². The second-order valence-corrected chi connectivity index (χ2v) is 8.30. The van der Waals surface area contributed by atoms with Crippen LogP contribution in [0.25, 0.3) is 0 Å². The van der Waals surface area contributed by atoms with Crippen molar-refractivity contribution in [2.24, 2.45) is 11.3 Å². The van der Waals surface area contributed by atoms with E-state index in [1.54, 1.807) is 18.2 Å². The van der Waals surface area contributed by atoms with Gasteiger partial charge in [-0.15, -0.1) is 0 Å². The van der Waals surface area contributed by atoms with Gasteiger partial charge in [-0.3, -0.25) is 4.79 Å². The van der Waals surface area contributed by atoms with Crippen LogP contribution in [-0.4, -0.2) is 35.4 Å². The Kier molecular flexibility index (Phi) is 7.51. The van der Waals surface area contributed by atoms with Crippen molar-refractivity contribution >= 4 is 17.5 Å². The molecule has 0 aliphatic heterocycles. The molecule has 3 rings (SSSR count). The summed E-state index contributed by atoms with van der Waals surface area (Å²) in [6, 6.07) is 5.19. The second kappa shape index (κ2) is 9.20. The summed E-state index contributed by atoms with van der Waals surface area (Å²) in [4.78, 5) is 12.7. The monoisotopic (exact) mass is 379 g/mol. The van der Waals surface area contributed by atoms with Crippen LogP contribution in [0.2, 0.25) is 5.02 Å². The topological polar surface area (TPSA) is 69.6 Å². The Balaban J connectivity index is 0.00000243. The number of carbonyl (C=O) groups is 1. The van der Waals surface area contributed by atoms with E-state index >= 15 is 0 Å². The summed E-state index contributed by atoms with van der Waals surface area (Å²) in [6.07, 6.45) is 8.38. The first-order chi connectivity index (χ1) is 12.0. The van der Waals surface area contributed by atoms with Crippen LogP contribution in [0, 0.1) is 18.8 Å². The van der Waals surface area contributed by atoms with E-state index in [4.69, 9.17) is 16.7 Å². The molecule has 2 saturated carbocycles. The standard InChI is InChI=1S/C20H28ClNO3.CH2/c21-18-6-5-15(9-16(24)12-23)10-17(18)19(25)22-13-20-7-1-3-14(11-20)4-2-8-20;/h5-6,10,14,16,23-24H,1-4,7-9,11-13H2,(H,22,25);1H2. The molecule has 1 atom stereocenters. The average molecular weight is 380 g/mol. The van der Waals surface area contributed by atoms with Crippen molar-refractivity contribution in [2.75, 3.05) is 13.2 Å². The lowest BCUT2D eigenvalue weighted by atomic mass is 9.62. The van der Waals surface area contributed by atoms with E-state index < -0.39 is 6.10 Å². The molecule has 144 valence electrons. The fourth-order valence-electron chi connectivity index (χ4n) is 4.64. The molecule has 0 saturated heterocycles. The minimum Gasteiger partial charge on any atom is -0.394 e. The molecule has 2 aliphatic rings. The Bertz CT molecular complexity index is 609. The van der Waals surface area contributed by atoms with Crippen LogP contribution in [0.1, 0.15) is 60.9 Å². The highest BCUT2D eigenvalue weighted by atomic mass is 35.5. The van der Waals surface area contributed by atoms with Gasteiger partial charge in [-0.2, -0.15) is 0 Å². The first-order valence-electron chi connectivity index (χ1n) is 9.37. The maximum atomic E-state index is 12.7. The summed E-state index contributed by atoms with van der Waals surface area (Å²) < 4.78 is 0. The normalized spacial score (nSPS) is 25.9. The number of halogens is 1. The van der Waals surface area contributed by atoms with E-state index in [1.807, 2.05) is 0 Å². The molecule has 4 nitrogen and oxygen atoms in total. The number of hydrogen-bond acceptors (Lipinski definition) is 3. The summed E-state index contributed by atoms with van der Waals surface area (Å²) in [6.45, 7) is 0.427. The predicted molar refractivity (Wildman–Crippen MR) is 104 cm³/mol. The zero-order valence-electron chi connectivity index (χ0n) is 15.3. The number of fused-ring (bicyclic) bond motifs is 2. The van der Waals surface area contributed by atoms with E-state index in [0.717, 1.165) is 18.0 Å². The van der Waals surface area contributed by atoms with Crippen molar-refractivity contribution in [1.82, 2.24) is 5.32 Å². The van der Waals surface area contributed by atoms with Crippen LogP contribution in [0.3, 0.4) is 0 Å². The van der Waals surface area contributed by atoms with Gasteiger partial charge in [0.15, 0.2) is 0 Å². The zero-order valence-corrected chi connectivity index (χ0v) is 16.1. The molecule has 1 aromatic carbocycles. The van der Waals surface area contributed by atoms with Crippen LogP contribution >= 0.6 is 11.6 Å². The van der Waals surface area contributed by atoms with Crippen molar-refractivity contribution in [1.29, 1.82) is 0 Å². The molecule has 2 radical (unpaired) electrons. The zero-order chi connectivity index (χ0) is 17.9. The van der Waals surface area contributed by atoms with E-state index in [0.29, 0.717) is 17.0 Å². The van der Waals surface area contributed by atoms with Crippen LogP contribution in [0.15, 0.2) is 18.2 Å². The van der Waals surface area contributed by atoms with Crippen molar-refractivity contribution in [3.8, 4) is 0 Å². The Morgan fingerprint density at radius 2 is 2.00 bits per heavy atom. The number of rotatable bonds is 6. The van der Waals surface area contributed by atoms with Gasteiger partial charge in [0.25, 0.3) is 5.91 Å². The summed E-state index contributed by atoms with van der Waals surface area (Å²) in [5.41, 5.74) is 1.52. The van der Waals surface area contributed by atoms with Gasteiger partial charge in [0.1, 0.15) is 0 Å². The molecule has 5 heteroatoms. The molecule has 0 heterocycles. The summed E-state index contributed by atoms with van der Waals surface area (Å²) in [7, 11) is 0. The number of hydrogen-bond donors (Lipinski definition) is 3. The van der Waals surface area contributed by atoms with Gasteiger partial charge in [-0.05, 0) is 48.3 Å². The molecule has 3 N–H and O–H groups in total. The molecule has 0 spiro atoms. The molecule has 2 aliphatic carbocycles. The van der Waals surface area contributed by atoms with E-state index in [1.165, 1.54) is 44.9 Å². The number of nitrogens with one attached hydrogen (secondary N) is 1. The Labute approximate surface area is 162 Å². The van der Waals surface area contributed by atoms with Crippen molar-refractivity contribution in [2.45, 2.75) is 57.5 Å². The molecular formula is C21H30ClNO3. The van der Waals surface area contributed by atoms with Gasteiger partial charge in [0.2, 0.25) is 0 Å². The largest absolute Gasteiger partial charge is 0.394 e. The molecule has 0 aromatic heterocycles. The molecule has 2 fully saturated rings. The van der Waals surface area contributed by atoms with Gasteiger partial charge in [0.05, 0.1) is 23.3 Å². The summed E-state index contributed by atoms with van der Waals surface area (Å²) in [5, 5.41) is 22.1. The number of benzene rings is 1. The summed E-state index contributed by atoms with van der Waals surface area (Å²) >= 11 is 6.21. The molecule has 1 unspecified atom stereocenters. The Hall–Kier alpha value is -1.10. The van der Waals surface area contributed by atoms with Crippen molar-refractivity contribution in [3.63, 3.8) is 0 Å². The number of aliphatic hydroxyl groups excluding tert-OH is 2. The van der Waals surface area contributed by atoms with Gasteiger partial charge in [0, 0.05) is 13.0 Å². The highest BCUT2D eigenvalue weighted by Crippen LogP contribution is 2.48. The number of amides is 1. The van der Waals surface area contributed by atoms with Crippen molar-refractivity contribution < 1.29 is 15.0 Å². The lowest BCUT2D eigenvalue weighted by Crippen LogP contribution is -2.43. The van der Waals surface area contributed by atoms with Gasteiger partial charge < -0.3 is 15.5 Å². The molecule has 26 heavy (non-hydrogen) atoms. The predicted octanol–water partition coefficient (Wildman–Crippen LogP) is 3.65. The number of aliphatic hydroxyl groups is 2. The molecule has 2 bridgehead atoms. The molecule has 1 aromatic rings. The third-order valence-electron chi connectivity index (χ3n) is 5.94. The minimum atomic E-state index is -0.822.